The Morgan fingerprint density at radius 2 is 2.05 bits per heavy atom. The molecule has 1 heterocycles. The Balaban J connectivity index is 2.63. The van der Waals surface area contributed by atoms with Gasteiger partial charge in [0.25, 0.3) is 0 Å². The summed E-state index contributed by atoms with van der Waals surface area (Å²) in [5.74, 6) is 0. The summed E-state index contributed by atoms with van der Waals surface area (Å²) in [5.41, 5.74) is 0.0877. The lowest BCUT2D eigenvalue weighted by atomic mass is 10.1. The van der Waals surface area contributed by atoms with Crippen LogP contribution in [0.3, 0.4) is 0 Å². The van der Waals surface area contributed by atoms with Gasteiger partial charge in [-0.3, -0.25) is 4.68 Å². The number of rotatable bonds is 3. The molecule has 6 nitrogen and oxygen atoms in total. The topological polar surface area (TPSA) is 70.4 Å². The Hall–Kier alpha value is -1.77. The van der Waals surface area contributed by atoms with Crippen molar-refractivity contribution in [2.24, 2.45) is 0 Å². The maximum atomic E-state index is 12.2. The number of aromatic nitrogens is 2. The lowest BCUT2D eigenvalue weighted by molar-refractivity contribution is -0.205. The number of carbonyl (C=O) groups excluding carboxylic acids is 1. The summed E-state index contributed by atoms with van der Waals surface area (Å²) in [4.78, 5) is 12.5. The lowest BCUT2D eigenvalue weighted by Gasteiger charge is -2.22. The number of likely N-dealkylation sites (N-methyl/N-ethyl adjacent to an activating group) is 1. The van der Waals surface area contributed by atoms with Gasteiger partial charge in [-0.2, -0.15) is 18.3 Å². The van der Waals surface area contributed by atoms with Gasteiger partial charge in [0.05, 0.1) is 24.0 Å². The van der Waals surface area contributed by atoms with Gasteiger partial charge in [-0.25, -0.2) is 4.79 Å². The highest BCUT2D eigenvalue weighted by Crippen LogP contribution is 2.21. The van der Waals surface area contributed by atoms with Crippen molar-refractivity contribution in [2.45, 2.75) is 38.6 Å². The van der Waals surface area contributed by atoms with Crippen LogP contribution < -0.4 is 5.32 Å². The normalized spacial score (nSPS) is 13.9. The van der Waals surface area contributed by atoms with E-state index in [1.165, 1.54) is 13.2 Å². The number of carbonyl (C=O) groups is 1. The van der Waals surface area contributed by atoms with Crippen molar-refractivity contribution in [1.29, 1.82) is 0 Å². The number of nitrogens with one attached hydrogen (secondary N) is 1. The third kappa shape index (κ3) is 4.92. The molecule has 1 aromatic rings. The van der Waals surface area contributed by atoms with E-state index in [9.17, 15) is 18.0 Å². The van der Waals surface area contributed by atoms with Gasteiger partial charge >= 0.3 is 12.2 Å². The fourth-order valence-electron chi connectivity index (χ4n) is 1.42. The SMILES string of the molecule is CN(CC(O)C(F)(F)F)C(=O)Nc1cnn(C(C)(C)C)c1. The van der Waals surface area contributed by atoms with Gasteiger partial charge in [-0.1, -0.05) is 0 Å². The molecule has 1 atom stereocenters. The predicted octanol–water partition coefficient (Wildman–Crippen LogP) is 2.02. The highest BCUT2D eigenvalue weighted by molar-refractivity contribution is 5.88. The van der Waals surface area contributed by atoms with Crippen LogP contribution >= 0.6 is 0 Å². The molecule has 0 saturated carbocycles. The molecule has 21 heavy (non-hydrogen) atoms. The van der Waals surface area contributed by atoms with E-state index < -0.39 is 24.9 Å². The first-order chi connectivity index (χ1) is 9.41. The Morgan fingerprint density at radius 3 is 2.48 bits per heavy atom. The molecule has 1 unspecified atom stereocenters. The van der Waals surface area contributed by atoms with Gasteiger partial charge < -0.3 is 15.3 Å². The Morgan fingerprint density at radius 1 is 1.48 bits per heavy atom. The fourth-order valence-corrected chi connectivity index (χ4v) is 1.42. The summed E-state index contributed by atoms with van der Waals surface area (Å²) in [7, 11) is 1.17. The average molecular weight is 308 g/mol. The van der Waals surface area contributed by atoms with Crippen LogP contribution in [0.15, 0.2) is 12.4 Å². The van der Waals surface area contributed by atoms with E-state index in [0.717, 1.165) is 4.90 Å². The monoisotopic (exact) mass is 308 g/mol. The largest absolute Gasteiger partial charge is 0.416 e. The first kappa shape index (κ1) is 17.3. The van der Waals surface area contributed by atoms with E-state index in [0.29, 0.717) is 5.69 Å². The van der Waals surface area contributed by atoms with E-state index >= 15 is 0 Å². The lowest BCUT2D eigenvalue weighted by Crippen LogP contribution is -2.43. The molecule has 0 bridgehead atoms. The van der Waals surface area contributed by atoms with Gasteiger partial charge in [-0.15, -0.1) is 0 Å². The maximum Gasteiger partial charge on any atom is 0.416 e. The van der Waals surface area contributed by atoms with Crippen molar-refractivity contribution in [1.82, 2.24) is 14.7 Å². The highest BCUT2D eigenvalue weighted by atomic mass is 19.4. The second kappa shape index (κ2) is 5.92. The van der Waals surface area contributed by atoms with Crippen molar-refractivity contribution < 1.29 is 23.1 Å². The summed E-state index contributed by atoms with van der Waals surface area (Å²) in [6.07, 6.45) is -4.36. The molecule has 0 aromatic carbocycles. The van der Waals surface area contributed by atoms with Gasteiger partial charge in [0.15, 0.2) is 6.10 Å². The Bertz CT molecular complexity index is 493. The number of alkyl halides is 3. The Kier molecular flexibility index (Phi) is 4.87. The number of nitrogens with zero attached hydrogens (tertiary/aromatic N) is 3. The molecule has 0 fully saturated rings. The number of aliphatic hydroxyl groups excluding tert-OH is 1. The molecule has 120 valence electrons. The van der Waals surface area contributed by atoms with Crippen LogP contribution in [0.1, 0.15) is 20.8 Å². The first-order valence-electron chi connectivity index (χ1n) is 6.23. The molecule has 9 heteroatoms. The smallest absolute Gasteiger partial charge is 0.382 e. The van der Waals surface area contributed by atoms with Gasteiger partial charge in [0, 0.05) is 13.2 Å². The van der Waals surface area contributed by atoms with Crippen molar-refractivity contribution in [3.05, 3.63) is 12.4 Å². The summed E-state index contributed by atoms with van der Waals surface area (Å²) < 4.78 is 38.3. The third-order valence-corrected chi connectivity index (χ3v) is 2.69. The zero-order valence-corrected chi connectivity index (χ0v) is 12.3. The number of aliphatic hydroxyl groups is 1. The predicted molar refractivity (Wildman–Crippen MR) is 70.9 cm³/mol. The number of hydrogen-bond acceptors (Lipinski definition) is 3. The molecular formula is C12H19F3N4O2. The van der Waals surface area contributed by atoms with E-state index in [4.69, 9.17) is 5.11 Å². The second-order valence-electron chi connectivity index (χ2n) is 5.71. The molecule has 1 rings (SSSR count). The summed E-state index contributed by atoms with van der Waals surface area (Å²) in [6, 6.07) is -0.758. The minimum absolute atomic E-state index is 0.276. The van der Waals surface area contributed by atoms with Gasteiger partial charge in [-0.05, 0) is 20.8 Å². The fraction of sp³-hybridized carbons (Fsp3) is 0.667. The van der Waals surface area contributed by atoms with Crippen molar-refractivity contribution in [3.63, 3.8) is 0 Å². The molecule has 0 radical (unpaired) electrons. The second-order valence-corrected chi connectivity index (χ2v) is 5.71. The van der Waals surface area contributed by atoms with Gasteiger partial charge in [0.1, 0.15) is 0 Å². The van der Waals surface area contributed by atoms with E-state index in [1.807, 2.05) is 20.8 Å². The van der Waals surface area contributed by atoms with E-state index in [1.54, 1.807) is 10.9 Å². The van der Waals surface area contributed by atoms with E-state index in [-0.39, 0.29) is 5.54 Å². The number of anilines is 1. The number of halogens is 3. The molecule has 0 saturated heterocycles. The number of amides is 2. The summed E-state index contributed by atoms with van der Waals surface area (Å²) in [5, 5.41) is 15.4. The molecule has 0 aliphatic heterocycles. The minimum Gasteiger partial charge on any atom is -0.382 e. The minimum atomic E-state index is -4.76. The van der Waals surface area contributed by atoms with Crippen molar-refractivity contribution >= 4 is 11.7 Å². The molecule has 1 aromatic heterocycles. The van der Waals surface area contributed by atoms with Crippen LogP contribution in [0.5, 0.6) is 0 Å². The zero-order valence-electron chi connectivity index (χ0n) is 12.3. The molecule has 0 aliphatic carbocycles. The first-order valence-corrected chi connectivity index (χ1v) is 6.23. The highest BCUT2D eigenvalue weighted by Gasteiger charge is 2.39. The van der Waals surface area contributed by atoms with Crippen LogP contribution in [0, 0.1) is 0 Å². The van der Waals surface area contributed by atoms with Crippen LogP contribution in [0.25, 0.3) is 0 Å². The van der Waals surface area contributed by atoms with Crippen molar-refractivity contribution in [3.8, 4) is 0 Å². The quantitative estimate of drug-likeness (QED) is 0.897. The zero-order chi connectivity index (χ0) is 16.4. The molecule has 2 amide bonds. The molecule has 0 spiro atoms. The molecular weight excluding hydrogens is 289 g/mol. The summed E-state index contributed by atoms with van der Waals surface area (Å²) >= 11 is 0. The van der Waals surface area contributed by atoms with Crippen LogP contribution in [0.2, 0.25) is 0 Å². The maximum absolute atomic E-state index is 12.2. The van der Waals surface area contributed by atoms with Crippen LogP contribution in [0.4, 0.5) is 23.7 Å². The third-order valence-electron chi connectivity index (χ3n) is 2.69. The Labute approximate surface area is 120 Å². The molecule has 2 N–H and O–H groups in total. The van der Waals surface area contributed by atoms with Crippen molar-refractivity contribution in [2.75, 3.05) is 18.9 Å². The van der Waals surface area contributed by atoms with E-state index in [2.05, 4.69) is 10.4 Å². The standard InChI is InChI=1S/C12H19F3N4O2/c1-11(2,3)19-6-8(5-16-19)17-10(21)18(4)7-9(20)12(13,14)15/h5-6,9,20H,7H2,1-4H3,(H,17,21). The molecule has 0 aliphatic rings. The number of hydrogen-bond donors (Lipinski definition) is 2. The van der Waals surface area contributed by atoms with Gasteiger partial charge in [0.2, 0.25) is 0 Å². The average Bonchev–Trinajstić information content (AvgIpc) is 2.75. The number of urea groups is 1. The van der Waals surface area contributed by atoms with Crippen LogP contribution in [-0.2, 0) is 5.54 Å². The van der Waals surface area contributed by atoms with Crippen LogP contribution in [-0.4, -0.2) is 51.7 Å². The summed E-state index contributed by atoms with van der Waals surface area (Å²) in [6.45, 7) is 4.90.